The summed E-state index contributed by atoms with van der Waals surface area (Å²) in [5, 5.41) is 0. The number of anilines is 2. The van der Waals surface area contributed by atoms with Gasteiger partial charge in [0.2, 0.25) is 8.96 Å². The number of hydrogen-bond donors (Lipinski definition) is 2. The number of hydrogen-bond acceptors (Lipinski definition) is 3. The van der Waals surface area contributed by atoms with Crippen LogP contribution in [-0.2, 0) is 20.1 Å². The largest absolute Gasteiger partial charge is 0.399 e. The molecular formula is C8H12N2O2S2. The second-order valence-electron chi connectivity index (χ2n) is 2.99. The van der Waals surface area contributed by atoms with Crippen molar-refractivity contribution in [2.24, 2.45) is 0 Å². The third-order valence-corrected chi connectivity index (χ3v) is 3.47. The van der Waals surface area contributed by atoms with E-state index in [0.717, 1.165) is 9.87 Å². The lowest BCUT2D eigenvalue weighted by Crippen LogP contribution is -2.25. The van der Waals surface area contributed by atoms with E-state index in [-0.39, 0.29) is 0 Å². The average molecular weight is 232 g/mol. The summed E-state index contributed by atoms with van der Waals surface area (Å²) in [6.45, 7) is 1.81. The lowest BCUT2D eigenvalue weighted by atomic mass is 10.2. The van der Waals surface area contributed by atoms with Gasteiger partial charge in [0.05, 0.1) is 5.69 Å². The van der Waals surface area contributed by atoms with E-state index in [2.05, 4.69) is 11.2 Å². The molecule has 0 spiro atoms. The molecular weight excluding hydrogens is 220 g/mol. The van der Waals surface area contributed by atoms with Crippen LogP contribution < -0.4 is 10.0 Å². The van der Waals surface area contributed by atoms with Crippen LogP contribution in [-0.4, -0.2) is 15.8 Å². The van der Waals surface area contributed by atoms with Gasteiger partial charge in [-0.3, -0.25) is 8.86 Å². The molecule has 0 aliphatic rings. The zero-order valence-corrected chi connectivity index (χ0v) is 9.56. The molecule has 1 unspecified atom stereocenters. The molecule has 0 heterocycles. The van der Waals surface area contributed by atoms with E-state index in [4.69, 9.17) is 5.73 Å². The summed E-state index contributed by atoms with van der Waals surface area (Å²) in [5.41, 5.74) is 7.61. The molecule has 1 rings (SSSR count). The fourth-order valence-corrected chi connectivity index (χ4v) is 1.85. The Morgan fingerprint density at radius 3 is 2.57 bits per heavy atom. The highest BCUT2D eigenvalue weighted by Gasteiger charge is 2.12. The SMILES string of the molecule is Cc1cc(N)ccc1N(C)S(=O)(O)=S. The Hall–Kier alpha value is -0.850. The van der Waals surface area contributed by atoms with Crippen molar-refractivity contribution in [3.05, 3.63) is 23.8 Å². The summed E-state index contributed by atoms with van der Waals surface area (Å²) in [6.07, 6.45) is 0. The van der Waals surface area contributed by atoms with Gasteiger partial charge in [-0.25, -0.2) is 4.21 Å². The first kappa shape index (κ1) is 11.2. The highest BCUT2D eigenvalue weighted by molar-refractivity contribution is 8.30. The maximum Gasteiger partial charge on any atom is 0.232 e. The molecule has 0 aromatic heterocycles. The molecule has 0 aliphatic carbocycles. The molecule has 0 fully saturated rings. The molecule has 3 N–H and O–H groups in total. The molecule has 0 bridgehead atoms. The third-order valence-electron chi connectivity index (χ3n) is 1.91. The average Bonchev–Trinajstić information content (AvgIpc) is 2.01. The van der Waals surface area contributed by atoms with E-state index >= 15 is 0 Å². The van der Waals surface area contributed by atoms with Crippen molar-refractivity contribution in [2.75, 3.05) is 17.1 Å². The van der Waals surface area contributed by atoms with Crippen LogP contribution in [0.4, 0.5) is 11.4 Å². The molecule has 4 nitrogen and oxygen atoms in total. The van der Waals surface area contributed by atoms with Crippen LogP contribution in [0.5, 0.6) is 0 Å². The van der Waals surface area contributed by atoms with Crippen LogP contribution >= 0.6 is 0 Å². The van der Waals surface area contributed by atoms with Crippen LogP contribution in [0.1, 0.15) is 5.56 Å². The van der Waals surface area contributed by atoms with E-state index in [1.807, 2.05) is 6.92 Å². The van der Waals surface area contributed by atoms with Gasteiger partial charge in [-0.1, -0.05) is 0 Å². The van der Waals surface area contributed by atoms with Gasteiger partial charge < -0.3 is 5.73 Å². The predicted octanol–water partition coefficient (Wildman–Crippen LogP) is 1.15. The van der Waals surface area contributed by atoms with Crippen molar-refractivity contribution in [1.82, 2.24) is 0 Å². The van der Waals surface area contributed by atoms with Gasteiger partial charge in [0, 0.05) is 23.9 Å². The molecule has 78 valence electrons. The van der Waals surface area contributed by atoms with E-state index in [1.165, 1.54) is 7.05 Å². The summed E-state index contributed by atoms with van der Waals surface area (Å²) < 4.78 is 21.5. The van der Waals surface area contributed by atoms with Gasteiger partial charge >= 0.3 is 0 Å². The molecule has 1 aromatic rings. The monoisotopic (exact) mass is 232 g/mol. The van der Waals surface area contributed by atoms with Crippen molar-refractivity contribution in [3.63, 3.8) is 0 Å². The van der Waals surface area contributed by atoms with Gasteiger partial charge in [0.1, 0.15) is 0 Å². The minimum absolute atomic E-state index is 0.613. The molecule has 1 atom stereocenters. The van der Waals surface area contributed by atoms with Crippen LogP contribution in [0.15, 0.2) is 18.2 Å². The molecule has 0 amide bonds. The first-order valence-electron chi connectivity index (χ1n) is 3.90. The third kappa shape index (κ3) is 2.34. The smallest absolute Gasteiger partial charge is 0.232 e. The number of aryl methyl sites for hydroxylation is 1. The summed E-state index contributed by atoms with van der Waals surface area (Å²) in [5.74, 6) is 0. The molecule has 1 aromatic carbocycles. The lowest BCUT2D eigenvalue weighted by molar-refractivity contribution is 0.559. The van der Waals surface area contributed by atoms with Crippen molar-refractivity contribution >= 4 is 31.5 Å². The summed E-state index contributed by atoms with van der Waals surface area (Å²) >= 11 is 4.46. The lowest BCUT2D eigenvalue weighted by Gasteiger charge is -2.19. The molecule has 0 radical (unpaired) electrons. The zero-order valence-electron chi connectivity index (χ0n) is 7.93. The highest BCUT2D eigenvalue weighted by Crippen LogP contribution is 2.22. The van der Waals surface area contributed by atoms with Crippen molar-refractivity contribution in [1.29, 1.82) is 0 Å². The standard InChI is InChI=1S/C8H12N2O2S2/c1-6-5-7(9)3-4-8(6)10(2)14(11,12)13/h3-5H,9H2,1-2H3,(H,11,12,13). The van der Waals surface area contributed by atoms with E-state index < -0.39 is 8.96 Å². The quantitative estimate of drug-likeness (QED) is 0.751. The van der Waals surface area contributed by atoms with Gasteiger partial charge in [0.25, 0.3) is 0 Å². The van der Waals surface area contributed by atoms with Gasteiger partial charge in [-0.05, 0) is 30.7 Å². The summed E-state index contributed by atoms with van der Waals surface area (Å²) in [7, 11) is -1.89. The fourth-order valence-electron chi connectivity index (χ4n) is 1.16. The van der Waals surface area contributed by atoms with Crippen molar-refractivity contribution in [2.45, 2.75) is 6.92 Å². The van der Waals surface area contributed by atoms with Gasteiger partial charge in [0.15, 0.2) is 0 Å². The number of benzene rings is 1. The van der Waals surface area contributed by atoms with E-state index in [0.29, 0.717) is 11.4 Å². The maximum absolute atomic E-state index is 11.2. The summed E-state index contributed by atoms with van der Waals surface area (Å²) in [4.78, 5) is 0. The van der Waals surface area contributed by atoms with Crippen LogP contribution in [0.3, 0.4) is 0 Å². The van der Waals surface area contributed by atoms with Crippen molar-refractivity contribution < 1.29 is 8.76 Å². The Morgan fingerprint density at radius 2 is 2.14 bits per heavy atom. The van der Waals surface area contributed by atoms with E-state index in [9.17, 15) is 8.76 Å². The number of rotatable bonds is 2. The maximum atomic E-state index is 11.2. The van der Waals surface area contributed by atoms with Gasteiger partial charge in [-0.2, -0.15) is 0 Å². The van der Waals surface area contributed by atoms with Crippen molar-refractivity contribution in [3.8, 4) is 0 Å². The highest BCUT2D eigenvalue weighted by atomic mass is 32.8. The Balaban J connectivity index is 3.21. The van der Waals surface area contributed by atoms with Crippen LogP contribution in [0, 0.1) is 6.92 Å². The number of nitrogens with two attached hydrogens (primary N) is 1. The zero-order chi connectivity index (χ0) is 10.9. The van der Waals surface area contributed by atoms with Crippen LogP contribution in [0.25, 0.3) is 0 Å². The molecule has 0 saturated carbocycles. The Bertz CT molecular complexity index is 443. The number of nitrogens with zero attached hydrogens (tertiary/aromatic N) is 1. The van der Waals surface area contributed by atoms with Gasteiger partial charge in [-0.15, -0.1) is 0 Å². The predicted molar refractivity (Wildman–Crippen MR) is 62.1 cm³/mol. The minimum Gasteiger partial charge on any atom is -0.399 e. The van der Waals surface area contributed by atoms with Crippen LogP contribution in [0.2, 0.25) is 0 Å². The first-order valence-corrected chi connectivity index (χ1v) is 6.29. The fraction of sp³-hybridized carbons (Fsp3) is 0.250. The Labute approximate surface area is 88.4 Å². The Kier molecular flexibility index (Phi) is 2.98. The second kappa shape index (κ2) is 3.72. The minimum atomic E-state index is -3.37. The van der Waals surface area contributed by atoms with E-state index in [1.54, 1.807) is 18.2 Å². The number of nitrogen functional groups attached to an aromatic ring is 1. The topological polar surface area (TPSA) is 66.6 Å². The second-order valence-corrected chi connectivity index (χ2v) is 5.74. The Morgan fingerprint density at radius 1 is 1.57 bits per heavy atom. The molecule has 14 heavy (non-hydrogen) atoms. The molecule has 0 saturated heterocycles. The first-order chi connectivity index (χ1) is 6.32. The normalized spacial score (nSPS) is 14.8. The molecule has 0 aliphatic heterocycles. The summed E-state index contributed by atoms with van der Waals surface area (Å²) in [6, 6.07) is 5.07. The molecule has 6 heteroatoms.